The van der Waals surface area contributed by atoms with E-state index in [0.29, 0.717) is 12.2 Å². The Bertz CT molecular complexity index is 513. The molecule has 0 radical (unpaired) electrons. The fourth-order valence-corrected chi connectivity index (χ4v) is 1.94. The molecule has 0 spiro atoms. The van der Waals surface area contributed by atoms with E-state index in [2.05, 4.69) is 4.90 Å². The van der Waals surface area contributed by atoms with Crippen LogP contribution in [0.4, 0.5) is 0 Å². The number of fused-ring (bicyclic) bond motifs is 4. The maximum atomic E-state index is 11.2. The van der Waals surface area contributed by atoms with Gasteiger partial charge in [0.15, 0.2) is 0 Å². The van der Waals surface area contributed by atoms with Crippen LogP contribution < -0.4 is 5.73 Å². The van der Waals surface area contributed by atoms with Crippen molar-refractivity contribution in [3.63, 3.8) is 0 Å². The normalized spacial score (nSPS) is 20.8. The van der Waals surface area contributed by atoms with Crippen LogP contribution in [0.15, 0.2) is 60.4 Å². The zero-order chi connectivity index (χ0) is 11.8. The Balaban J connectivity index is 2.01. The lowest BCUT2D eigenvalue weighted by Gasteiger charge is -2.41. The first-order chi connectivity index (χ1) is 8.24. The third kappa shape index (κ3) is 1.61. The smallest absolute Gasteiger partial charge is 0.250 e. The molecule has 0 saturated heterocycles. The lowest BCUT2D eigenvalue weighted by atomic mass is 10.1. The van der Waals surface area contributed by atoms with Crippen molar-refractivity contribution in [3.8, 4) is 0 Å². The van der Waals surface area contributed by atoms with Gasteiger partial charge in [0.2, 0.25) is 5.91 Å². The van der Waals surface area contributed by atoms with Crippen molar-refractivity contribution in [2.75, 3.05) is 6.67 Å². The van der Waals surface area contributed by atoms with Gasteiger partial charge in [0.05, 0.1) is 11.3 Å². The quantitative estimate of drug-likeness (QED) is 0.714. The molecule has 3 aliphatic heterocycles. The van der Waals surface area contributed by atoms with Gasteiger partial charge in [-0.2, -0.15) is 0 Å². The average Bonchev–Trinajstić information content (AvgIpc) is 2.51. The van der Waals surface area contributed by atoms with Crippen LogP contribution in [-0.2, 0) is 4.79 Å². The molecule has 0 saturated carbocycles. The summed E-state index contributed by atoms with van der Waals surface area (Å²) in [7, 11) is 0. The molecule has 3 rings (SSSR count). The van der Waals surface area contributed by atoms with Crippen LogP contribution in [0.2, 0.25) is 0 Å². The van der Waals surface area contributed by atoms with Crippen molar-refractivity contribution in [3.05, 3.63) is 60.4 Å². The minimum atomic E-state index is -0.417. The molecule has 0 aliphatic carbocycles. The van der Waals surface area contributed by atoms with Crippen molar-refractivity contribution < 1.29 is 4.79 Å². The topological polar surface area (TPSA) is 52.8 Å². The number of nitrogens with two attached hydrogens (primary N) is 1. The lowest BCUT2D eigenvalue weighted by molar-refractivity contribution is -0.114. The van der Waals surface area contributed by atoms with Crippen LogP contribution in [0.5, 0.6) is 0 Å². The van der Waals surface area contributed by atoms with E-state index in [1.54, 1.807) is 12.3 Å². The maximum absolute atomic E-state index is 11.2. The third-order valence-electron chi connectivity index (χ3n) is 2.77. The molecule has 0 atom stereocenters. The van der Waals surface area contributed by atoms with Gasteiger partial charge in [0.25, 0.3) is 0 Å². The number of allylic oxidation sites excluding steroid dienone is 3. The first kappa shape index (κ1) is 9.77. The SMILES string of the molecule is NC(=O)C1=CN2C(=CN3C=CC=CN2C3)C=C1. The standard InChI is InChI=1S/C12H12N4O/c13-12(17)10-3-4-11-8-14-5-1-2-6-15(9-14)16(11)7-10/h1-8H,9H2,(H2,13,17). The highest BCUT2D eigenvalue weighted by atomic mass is 16.1. The maximum Gasteiger partial charge on any atom is 0.250 e. The molecule has 1 amide bonds. The van der Waals surface area contributed by atoms with Gasteiger partial charge in [-0.15, -0.1) is 0 Å². The molecule has 3 heterocycles. The Hall–Kier alpha value is -2.43. The molecule has 2 bridgehead atoms. The highest BCUT2D eigenvalue weighted by Crippen LogP contribution is 2.25. The second kappa shape index (κ2) is 3.55. The van der Waals surface area contributed by atoms with Crippen molar-refractivity contribution in [2.45, 2.75) is 0 Å². The number of nitrogens with zero attached hydrogens (tertiary/aromatic N) is 3. The van der Waals surface area contributed by atoms with E-state index in [0.717, 1.165) is 5.70 Å². The van der Waals surface area contributed by atoms with Crippen molar-refractivity contribution >= 4 is 5.91 Å². The molecule has 0 fully saturated rings. The molecular formula is C12H12N4O. The van der Waals surface area contributed by atoms with Gasteiger partial charge in [0.1, 0.15) is 6.67 Å². The second-order valence-corrected chi connectivity index (χ2v) is 3.96. The summed E-state index contributed by atoms with van der Waals surface area (Å²) in [6.07, 6.45) is 15.3. The zero-order valence-corrected chi connectivity index (χ0v) is 9.15. The fourth-order valence-electron chi connectivity index (χ4n) is 1.94. The van der Waals surface area contributed by atoms with Gasteiger partial charge in [-0.1, -0.05) is 0 Å². The number of carbonyl (C=O) groups excluding carboxylic acids is 1. The Morgan fingerprint density at radius 3 is 2.82 bits per heavy atom. The van der Waals surface area contributed by atoms with Gasteiger partial charge in [0, 0.05) is 24.8 Å². The number of hydrogen-bond acceptors (Lipinski definition) is 4. The van der Waals surface area contributed by atoms with Crippen LogP contribution in [0.1, 0.15) is 0 Å². The second-order valence-electron chi connectivity index (χ2n) is 3.96. The number of hydrazine groups is 1. The van der Waals surface area contributed by atoms with Crippen molar-refractivity contribution in [2.24, 2.45) is 5.73 Å². The zero-order valence-electron chi connectivity index (χ0n) is 9.15. The predicted molar refractivity (Wildman–Crippen MR) is 63.2 cm³/mol. The Labute approximate surface area is 99.0 Å². The molecule has 0 aromatic rings. The summed E-state index contributed by atoms with van der Waals surface area (Å²) in [5, 5.41) is 3.92. The highest BCUT2D eigenvalue weighted by Gasteiger charge is 2.23. The van der Waals surface area contributed by atoms with E-state index in [9.17, 15) is 4.79 Å². The van der Waals surface area contributed by atoms with E-state index in [1.165, 1.54) is 0 Å². The molecule has 17 heavy (non-hydrogen) atoms. The molecule has 0 aromatic carbocycles. The van der Waals surface area contributed by atoms with Crippen LogP contribution in [0.25, 0.3) is 0 Å². The summed E-state index contributed by atoms with van der Waals surface area (Å²) in [4.78, 5) is 13.2. The summed E-state index contributed by atoms with van der Waals surface area (Å²) in [6.45, 7) is 0.715. The fraction of sp³-hybridized carbons (Fsp3) is 0.0833. The molecular weight excluding hydrogens is 216 g/mol. The number of hydrogen-bond donors (Lipinski definition) is 1. The molecule has 86 valence electrons. The summed E-state index contributed by atoms with van der Waals surface area (Å²) in [6, 6.07) is 0. The van der Waals surface area contributed by atoms with Crippen molar-refractivity contribution in [1.82, 2.24) is 14.9 Å². The Morgan fingerprint density at radius 1 is 1.18 bits per heavy atom. The number of primary amides is 1. The average molecular weight is 228 g/mol. The predicted octanol–water partition coefficient (Wildman–Crippen LogP) is 0.600. The van der Waals surface area contributed by atoms with Gasteiger partial charge < -0.3 is 10.6 Å². The monoisotopic (exact) mass is 228 g/mol. The van der Waals surface area contributed by atoms with Gasteiger partial charge in [-0.25, -0.2) is 0 Å². The van der Waals surface area contributed by atoms with E-state index in [1.807, 2.05) is 46.8 Å². The van der Waals surface area contributed by atoms with Crippen LogP contribution >= 0.6 is 0 Å². The molecule has 5 heteroatoms. The summed E-state index contributed by atoms with van der Waals surface area (Å²) >= 11 is 0. The van der Waals surface area contributed by atoms with Crippen LogP contribution in [0.3, 0.4) is 0 Å². The summed E-state index contributed by atoms with van der Waals surface area (Å²) in [5.74, 6) is -0.417. The van der Waals surface area contributed by atoms with Crippen LogP contribution in [0, 0.1) is 0 Å². The molecule has 0 unspecified atom stereocenters. The van der Waals surface area contributed by atoms with E-state index in [-0.39, 0.29) is 0 Å². The third-order valence-corrected chi connectivity index (χ3v) is 2.77. The number of amides is 1. The first-order valence-corrected chi connectivity index (χ1v) is 5.32. The molecule has 3 aliphatic rings. The van der Waals surface area contributed by atoms with E-state index >= 15 is 0 Å². The van der Waals surface area contributed by atoms with E-state index < -0.39 is 5.91 Å². The molecule has 2 N–H and O–H groups in total. The minimum Gasteiger partial charge on any atom is -0.366 e. The van der Waals surface area contributed by atoms with Gasteiger partial charge >= 0.3 is 0 Å². The number of carbonyl (C=O) groups is 1. The van der Waals surface area contributed by atoms with Gasteiger partial charge in [-0.05, 0) is 24.3 Å². The first-order valence-electron chi connectivity index (χ1n) is 5.32. The molecule has 0 aromatic heterocycles. The molecule has 5 nitrogen and oxygen atoms in total. The summed E-state index contributed by atoms with van der Waals surface area (Å²) < 4.78 is 0. The Morgan fingerprint density at radius 2 is 2.00 bits per heavy atom. The Kier molecular flexibility index (Phi) is 2.04. The highest BCUT2D eigenvalue weighted by molar-refractivity contribution is 5.95. The number of rotatable bonds is 1. The van der Waals surface area contributed by atoms with E-state index in [4.69, 9.17) is 5.73 Å². The largest absolute Gasteiger partial charge is 0.366 e. The lowest BCUT2D eigenvalue weighted by Crippen LogP contribution is -2.44. The summed E-state index contributed by atoms with van der Waals surface area (Å²) in [5.41, 5.74) is 6.78. The van der Waals surface area contributed by atoms with Crippen LogP contribution in [-0.4, -0.2) is 27.5 Å². The van der Waals surface area contributed by atoms with Gasteiger partial charge in [-0.3, -0.25) is 14.8 Å². The van der Waals surface area contributed by atoms with Crippen molar-refractivity contribution in [1.29, 1.82) is 0 Å². The minimum absolute atomic E-state index is 0.417.